The lowest BCUT2D eigenvalue weighted by molar-refractivity contribution is 1.53. The third-order valence-electron chi connectivity index (χ3n) is 0. The lowest BCUT2D eigenvalue weighted by atomic mass is 11.8. The first-order valence-corrected chi connectivity index (χ1v) is 5.25. The van der Waals surface area contributed by atoms with E-state index in [2.05, 4.69) is 0 Å². The van der Waals surface area contributed by atoms with Crippen molar-refractivity contribution < 1.29 is 0 Å². The van der Waals surface area contributed by atoms with Gasteiger partial charge in [-0.1, -0.05) is 19.6 Å². The molecule has 31 valence electrons. The average molecular weight is 88.2 g/mol. The highest BCUT2D eigenvalue weighted by atomic mass is 28.3. The van der Waals surface area contributed by atoms with Crippen molar-refractivity contribution >= 4 is 8.24 Å². The SMILES string of the molecule is C[Si](C)(C)[NH]. The molecule has 0 saturated heterocycles. The molecule has 0 aliphatic carbocycles. The van der Waals surface area contributed by atoms with Gasteiger partial charge in [-0.15, -0.1) is 0 Å². The van der Waals surface area contributed by atoms with E-state index in [-0.39, 0.29) is 0 Å². The lowest BCUT2D eigenvalue weighted by Crippen LogP contribution is -2.20. The van der Waals surface area contributed by atoms with Gasteiger partial charge in [0.05, 0.1) is 0 Å². The molecule has 0 rings (SSSR count). The maximum atomic E-state index is 7.08. The molecule has 0 aliphatic rings. The molecule has 0 heterocycles. The van der Waals surface area contributed by atoms with Crippen molar-refractivity contribution in [2.24, 2.45) is 0 Å². The Hall–Kier alpha value is 0.177. The van der Waals surface area contributed by atoms with Gasteiger partial charge in [0.15, 0.2) is 0 Å². The molecule has 0 unspecified atom stereocenters. The third-order valence-corrected chi connectivity index (χ3v) is 0. The van der Waals surface area contributed by atoms with E-state index in [1.165, 1.54) is 0 Å². The lowest BCUT2D eigenvalue weighted by Gasteiger charge is -2.00. The molecule has 0 aliphatic heterocycles. The van der Waals surface area contributed by atoms with Gasteiger partial charge in [-0.2, -0.15) is 0 Å². The number of hydrogen-bond acceptors (Lipinski definition) is 0. The summed E-state index contributed by atoms with van der Waals surface area (Å²) in [6.45, 7) is 5.98. The Labute approximate surface area is 34.3 Å². The van der Waals surface area contributed by atoms with E-state index in [1.807, 2.05) is 19.6 Å². The Morgan fingerprint density at radius 1 is 1.20 bits per heavy atom. The second kappa shape index (κ2) is 1.10. The van der Waals surface area contributed by atoms with E-state index in [9.17, 15) is 0 Å². The summed E-state index contributed by atoms with van der Waals surface area (Å²) in [5.41, 5.74) is 0. The van der Waals surface area contributed by atoms with Crippen LogP contribution in [0.1, 0.15) is 0 Å². The van der Waals surface area contributed by atoms with Gasteiger partial charge in [0.1, 0.15) is 8.24 Å². The molecule has 0 amide bonds. The zero-order valence-electron chi connectivity index (χ0n) is 4.00. The van der Waals surface area contributed by atoms with Crippen molar-refractivity contribution in [3.63, 3.8) is 0 Å². The zero-order chi connectivity index (χ0) is 4.50. The van der Waals surface area contributed by atoms with Gasteiger partial charge in [0, 0.05) is 0 Å². The van der Waals surface area contributed by atoms with Crippen LogP contribution >= 0.6 is 0 Å². The van der Waals surface area contributed by atoms with Crippen LogP contribution in [0.25, 0.3) is 0 Å². The first-order chi connectivity index (χ1) is 2.00. The van der Waals surface area contributed by atoms with Crippen LogP contribution in [0.2, 0.25) is 19.6 Å². The molecule has 2 heteroatoms. The van der Waals surface area contributed by atoms with E-state index in [0.717, 1.165) is 0 Å². The summed E-state index contributed by atoms with van der Waals surface area (Å²) in [4.78, 5) is 0. The van der Waals surface area contributed by atoms with Crippen LogP contribution in [0.5, 0.6) is 0 Å². The van der Waals surface area contributed by atoms with Crippen molar-refractivity contribution in [1.29, 1.82) is 0 Å². The minimum Gasteiger partial charge on any atom is -0.285 e. The number of hydrogen-bond donors (Lipinski definition) is 0. The van der Waals surface area contributed by atoms with Gasteiger partial charge >= 0.3 is 0 Å². The minimum absolute atomic E-state index is 1.36. The van der Waals surface area contributed by atoms with Gasteiger partial charge in [-0.25, -0.2) is 0 Å². The quantitative estimate of drug-likeness (QED) is 0.396. The van der Waals surface area contributed by atoms with Gasteiger partial charge in [-0.3, -0.25) is 5.40 Å². The van der Waals surface area contributed by atoms with Crippen LogP contribution in [0, 0.1) is 0 Å². The Bertz CT molecular complexity index is 22.4. The Morgan fingerprint density at radius 3 is 1.20 bits per heavy atom. The Kier molecular flexibility index (Phi) is 1.14. The highest BCUT2D eigenvalue weighted by molar-refractivity contribution is 6.72. The maximum Gasteiger partial charge on any atom is 0.131 e. The predicted molar refractivity (Wildman–Crippen MR) is 26.4 cm³/mol. The third kappa shape index (κ3) is 633. The molecule has 1 N–H and O–H groups in total. The number of nitrogens with one attached hydrogen (secondary N) is 1. The Balaban J connectivity index is 3.02. The molecule has 0 atom stereocenters. The second-order valence-corrected chi connectivity index (χ2v) is 6.75. The fourth-order valence-corrected chi connectivity index (χ4v) is 0. The molecule has 0 fully saturated rings. The highest BCUT2D eigenvalue weighted by Crippen LogP contribution is 1.87. The summed E-state index contributed by atoms with van der Waals surface area (Å²) in [6, 6.07) is 0. The summed E-state index contributed by atoms with van der Waals surface area (Å²) in [6.07, 6.45) is 0. The molecular formula is C3H10NSi. The topological polar surface area (TPSA) is 23.8 Å². The standard InChI is InChI=1S/C3H10NSi/c1-5(2,3)4/h4H,1-3H3. The molecule has 0 aromatic rings. The van der Waals surface area contributed by atoms with Crippen molar-refractivity contribution in [3.05, 3.63) is 0 Å². The molecule has 0 aromatic heterocycles. The molecule has 5 heavy (non-hydrogen) atoms. The normalized spacial score (nSPS) is 12.0. The molecule has 1 radical (unpaired) electrons. The summed E-state index contributed by atoms with van der Waals surface area (Å²) in [5, 5.41) is 7.08. The predicted octanol–water partition coefficient (Wildman–Crippen LogP) is 1.10. The van der Waals surface area contributed by atoms with Gasteiger partial charge in [0.25, 0.3) is 0 Å². The van der Waals surface area contributed by atoms with Crippen molar-refractivity contribution in [2.75, 3.05) is 0 Å². The molecule has 0 spiro atoms. The first-order valence-electron chi connectivity index (χ1n) is 1.75. The molecule has 1 nitrogen and oxygen atoms in total. The van der Waals surface area contributed by atoms with E-state index in [1.54, 1.807) is 0 Å². The summed E-state index contributed by atoms with van der Waals surface area (Å²) < 4.78 is 0. The average Bonchev–Trinajstić information content (AvgIpc) is 0.722. The maximum absolute atomic E-state index is 7.08. The van der Waals surface area contributed by atoms with Gasteiger partial charge in [0.2, 0.25) is 0 Å². The van der Waals surface area contributed by atoms with Gasteiger partial charge in [-0.05, 0) is 0 Å². The largest absolute Gasteiger partial charge is 0.285 e. The zero-order valence-corrected chi connectivity index (χ0v) is 5.00. The van der Waals surface area contributed by atoms with E-state index >= 15 is 0 Å². The summed E-state index contributed by atoms with van der Waals surface area (Å²) >= 11 is 0. The van der Waals surface area contributed by atoms with Crippen molar-refractivity contribution in [2.45, 2.75) is 19.6 Å². The van der Waals surface area contributed by atoms with Crippen LogP contribution < -0.4 is 5.40 Å². The monoisotopic (exact) mass is 88.1 g/mol. The summed E-state index contributed by atoms with van der Waals surface area (Å²) in [7, 11) is -1.36. The Morgan fingerprint density at radius 2 is 1.20 bits per heavy atom. The molecule has 0 aromatic carbocycles. The van der Waals surface area contributed by atoms with Crippen molar-refractivity contribution in [1.82, 2.24) is 5.40 Å². The molecule has 0 saturated carbocycles. The fraction of sp³-hybridized carbons (Fsp3) is 1.00. The second-order valence-electron chi connectivity index (χ2n) is 2.25. The first kappa shape index (κ1) is 5.18. The fourth-order valence-electron chi connectivity index (χ4n) is 0. The van der Waals surface area contributed by atoms with Crippen LogP contribution in [-0.2, 0) is 0 Å². The van der Waals surface area contributed by atoms with E-state index < -0.39 is 8.24 Å². The molecule has 0 bridgehead atoms. The summed E-state index contributed by atoms with van der Waals surface area (Å²) in [5.74, 6) is 0. The number of rotatable bonds is 0. The minimum atomic E-state index is -1.36. The van der Waals surface area contributed by atoms with Crippen molar-refractivity contribution in [3.8, 4) is 0 Å². The van der Waals surface area contributed by atoms with Gasteiger partial charge < -0.3 is 0 Å². The molecular weight excluding hydrogens is 78.1 g/mol. The van der Waals surface area contributed by atoms with Crippen LogP contribution in [-0.4, -0.2) is 8.24 Å². The van der Waals surface area contributed by atoms with Crippen LogP contribution in [0.15, 0.2) is 0 Å². The highest BCUT2D eigenvalue weighted by Gasteiger charge is 2.02. The smallest absolute Gasteiger partial charge is 0.131 e. The van der Waals surface area contributed by atoms with Crippen LogP contribution in [0.3, 0.4) is 0 Å². The van der Waals surface area contributed by atoms with E-state index in [4.69, 9.17) is 5.40 Å². The van der Waals surface area contributed by atoms with Crippen LogP contribution in [0.4, 0.5) is 0 Å². The van der Waals surface area contributed by atoms with E-state index in [0.29, 0.717) is 0 Å².